The van der Waals surface area contributed by atoms with Crippen molar-refractivity contribution in [3.63, 3.8) is 0 Å². The lowest BCUT2D eigenvalue weighted by Crippen LogP contribution is -3.06. The number of hydrogen-bond acceptors (Lipinski definition) is 3. The highest BCUT2D eigenvalue weighted by Gasteiger charge is 2.15. The number of quaternary nitrogens is 2. The van der Waals surface area contributed by atoms with Crippen molar-refractivity contribution in [2.24, 2.45) is 0 Å². The first-order valence-electron chi connectivity index (χ1n) is 7.70. The van der Waals surface area contributed by atoms with Gasteiger partial charge in [0.15, 0.2) is 11.5 Å². The highest BCUT2D eigenvalue weighted by Crippen LogP contribution is 2.35. The van der Waals surface area contributed by atoms with Crippen molar-refractivity contribution in [2.75, 3.05) is 34.0 Å². The first-order chi connectivity index (χ1) is 10.6. The zero-order chi connectivity index (χ0) is 15.5. The summed E-state index contributed by atoms with van der Waals surface area (Å²) >= 11 is 0. The number of aromatic nitrogens is 1. The van der Waals surface area contributed by atoms with Crippen LogP contribution in [0.2, 0.25) is 0 Å². The standard InChI is InChI=1S/C16H21N3O3/c1-19(2)5-3-4-17-9-12-6-11-7-14-15(22-10-21-14)8-13(11)18-16(12)20/h6-8,17H,3-5,9-10H2,1-2H3,(H,18,20)/p+2. The van der Waals surface area contributed by atoms with E-state index in [1.54, 1.807) is 0 Å². The van der Waals surface area contributed by atoms with Gasteiger partial charge in [-0.25, -0.2) is 0 Å². The largest absolute Gasteiger partial charge is 0.454 e. The van der Waals surface area contributed by atoms with E-state index in [0.717, 1.165) is 41.7 Å². The molecule has 0 saturated heterocycles. The lowest BCUT2D eigenvalue weighted by Gasteiger charge is -2.07. The van der Waals surface area contributed by atoms with Gasteiger partial charge in [-0.15, -0.1) is 0 Å². The van der Waals surface area contributed by atoms with Gasteiger partial charge in [0.1, 0.15) is 6.54 Å². The average Bonchev–Trinajstić information content (AvgIpc) is 2.91. The monoisotopic (exact) mass is 305 g/mol. The number of H-pyrrole nitrogens is 1. The maximum atomic E-state index is 12.2. The second-order valence-corrected chi connectivity index (χ2v) is 6.01. The Balaban J connectivity index is 1.72. The lowest BCUT2D eigenvalue weighted by atomic mass is 10.1. The minimum Gasteiger partial charge on any atom is -0.454 e. The third kappa shape index (κ3) is 3.23. The van der Waals surface area contributed by atoms with Crippen LogP contribution in [0, 0.1) is 0 Å². The van der Waals surface area contributed by atoms with Gasteiger partial charge in [0, 0.05) is 17.9 Å². The van der Waals surface area contributed by atoms with Crippen LogP contribution in [0.5, 0.6) is 11.5 Å². The van der Waals surface area contributed by atoms with Crippen LogP contribution in [0.1, 0.15) is 12.0 Å². The molecule has 2 aromatic rings. The number of nitrogens with two attached hydrogens (primary N) is 1. The molecule has 0 bridgehead atoms. The molecule has 6 nitrogen and oxygen atoms in total. The van der Waals surface area contributed by atoms with Crippen molar-refractivity contribution in [3.05, 3.63) is 34.1 Å². The summed E-state index contributed by atoms with van der Waals surface area (Å²) in [6.45, 7) is 3.12. The van der Waals surface area contributed by atoms with E-state index in [0.29, 0.717) is 12.3 Å². The molecule has 6 heteroatoms. The Morgan fingerprint density at radius 1 is 1.23 bits per heavy atom. The quantitative estimate of drug-likeness (QED) is 0.591. The molecule has 0 aliphatic carbocycles. The molecule has 0 fully saturated rings. The lowest BCUT2D eigenvalue weighted by molar-refractivity contribution is -0.860. The van der Waals surface area contributed by atoms with E-state index in [1.165, 1.54) is 4.90 Å². The topological polar surface area (TPSA) is 72.4 Å². The van der Waals surface area contributed by atoms with Crippen LogP contribution in [0.4, 0.5) is 0 Å². The number of rotatable bonds is 6. The number of fused-ring (bicyclic) bond motifs is 2. The highest BCUT2D eigenvalue weighted by molar-refractivity contribution is 5.83. The van der Waals surface area contributed by atoms with Crippen LogP contribution < -0.4 is 25.2 Å². The van der Waals surface area contributed by atoms with Gasteiger partial charge < -0.3 is 24.7 Å². The molecule has 22 heavy (non-hydrogen) atoms. The van der Waals surface area contributed by atoms with E-state index in [2.05, 4.69) is 24.4 Å². The van der Waals surface area contributed by atoms with Gasteiger partial charge in [-0.2, -0.15) is 0 Å². The summed E-state index contributed by atoms with van der Waals surface area (Å²) in [4.78, 5) is 16.5. The van der Waals surface area contributed by atoms with E-state index < -0.39 is 0 Å². The Morgan fingerprint density at radius 2 is 2.00 bits per heavy atom. The molecule has 1 aromatic carbocycles. The fourth-order valence-corrected chi connectivity index (χ4v) is 2.65. The third-order valence-electron chi connectivity index (χ3n) is 3.86. The fourth-order valence-electron chi connectivity index (χ4n) is 2.65. The molecule has 118 valence electrons. The summed E-state index contributed by atoms with van der Waals surface area (Å²) in [6, 6.07) is 5.70. The van der Waals surface area contributed by atoms with Crippen LogP contribution in [-0.2, 0) is 6.54 Å². The van der Waals surface area contributed by atoms with Gasteiger partial charge >= 0.3 is 0 Å². The maximum absolute atomic E-state index is 12.2. The van der Waals surface area contributed by atoms with Gasteiger partial charge in [0.2, 0.25) is 6.79 Å². The summed E-state index contributed by atoms with van der Waals surface area (Å²) in [6.07, 6.45) is 1.15. The first-order valence-corrected chi connectivity index (χ1v) is 7.70. The van der Waals surface area contributed by atoms with Gasteiger partial charge in [0.25, 0.3) is 5.56 Å². The van der Waals surface area contributed by atoms with E-state index in [4.69, 9.17) is 9.47 Å². The molecule has 0 saturated carbocycles. The predicted molar refractivity (Wildman–Crippen MR) is 83.5 cm³/mol. The van der Waals surface area contributed by atoms with Crippen molar-refractivity contribution in [1.82, 2.24) is 4.98 Å². The summed E-state index contributed by atoms with van der Waals surface area (Å²) in [5.74, 6) is 1.43. The normalized spacial score (nSPS) is 13.2. The Labute approximate surface area is 129 Å². The summed E-state index contributed by atoms with van der Waals surface area (Å²) in [7, 11) is 4.30. The Hall–Kier alpha value is -2.05. The molecule has 0 atom stereocenters. The number of nitrogens with one attached hydrogen (secondary N) is 2. The second-order valence-electron chi connectivity index (χ2n) is 6.01. The summed E-state index contributed by atoms with van der Waals surface area (Å²) in [5.41, 5.74) is 1.55. The van der Waals surface area contributed by atoms with Crippen molar-refractivity contribution < 1.29 is 19.7 Å². The predicted octanol–water partition coefficient (Wildman–Crippen LogP) is -1.15. The van der Waals surface area contributed by atoms with Crippen molar-refractivity contribution in [3.8, 4) is 11.5 Å². The third-order valence-corrected chi connectivity index (χ3v) is 3.86. The fraction of sp³-hybridized carbons (Fsp3) is 0.438. The van der Waals surface area contributed by atoms with Crippen LogP contribution in [0.15, 0.2) is 23.0 Å². The van der Waals surface area contributed by atoms with Gasteiger partial charge in [-0.05, 0) is 12.1 Å². The number of ether oxygens (including phenoxy) is 2. The summed E-state index contributed by atoms with van der Waals surface area (Å²) < 4.78 is 10.7. The molecular formula is C16H23N3O3+2. The van der Waals surface area contributed by atoms with Crippen molar-refractivity contribution >= 4 is 10.9 Å². The Bertz CT molecular complexity index is 724. The SMILES string of the molecule is C[NH+](C)CCC[NH2+]Cc1cc2cc3c(cc2[nH]c1=O)OCO3. The van der Waals surface area contributed by atoms with Crippen molar-refractivity contribution in [1.29, 1.82) is 0 Å². The molecule has 1 aromatic heterocycles. The minimum atomic E-state index is -0.0270. The van der Waals surface area contributed by atoms with E-state index in [-0.39, 0.29) is 12.4 Å². The van der Waals surface area contributed by atoms with E-state index in [1.807, 2.05) is 18.2 Å². The molecule has 1 aliphatic heterocycles. The molecular weight excluding hydrogens is 282 g/mol. The molecule has 0 unspecified atom stereocenters. The molecule has 1 aliphatic rings. The smallest absolute Gasteiger partial charge is 0.257 e. The van der Waals surface area contributed by atoms with E-state index >= 15 is 0 Å². The van der Waals surface area contributed by atoms with Gasteiger partial charge in [-0.3, -0.25) is 4.79 Å². The number of benzene rings is 1. The molecule has 4 N–H and O–H groups in total. The number of pyridine rings is 1. The van der Waals surface area contributed by atoms with Gasteiger partial charge in [-0.1, -0.05) is 0 Å². The number of hydrogen-bond donors (Lipinski definition) is 3. The average molecular weight is 305 g/mol. The molecule has 0 amide bonds. The molecule has 2 heterocycles. The minimum absolute atomic E-state index is 0.0270. The Morgan fingerprint density at radius 3 is 2.77 bits per heavy atom. The maximum Gasteiger partial charge on any atom is 0.257 e. The van der Waals surface area contributed by atoms with E-state index in [9.17, 15) is 4.79 Å². The molecule has 0 radical (unpaired) electrons. The van der Waals surface area contributed by atoms with Crippen LogP contribution in [0.25, 0.3) is 10.9 Å². The second kappa shape index (κ2) is 6.37. The molecule has 3 rings (SSSR count). The zero-order valence-electron chi connectivity index (χ0n) is 13.1. The van der Waals surface area contributed by atoms with Crippen LogP contribution >= 0.6 is 0 Å². The first kappa shape index (κ1) is 14.9. The van der Waals surface area contributed by atoms with Crippen LogP contribution in [-0.4, -0.2) is 39.0 Å². The zero-order valence-corrected chi connectivity index (χ0v) is 13.1. The Kier molecular flexibility index (Phi) is 4.31. The van der Waals surface area contributed by atoms with Gasteiger partial charge in [0.05, 0.1) is 38.3 Å². The number of aromatic amines is 1. The highest BCUT2D eigenvalue weighted by atomic mass is 16.7. The van der Waals surface area contributed by atoms with Crippen LogP contribution in [0.3, 0.4) is 0 Å². The molecule has 0 spiro atoms. The van der Waals surface area contributed by atoms with Crippen molar-refractivity contribution in [2.45, 2.75) is 13.0 Å². The summed E-state index contributed by atoms with van der Waals surface area (Å²) in [5, 5.41) is 3.16.